The molecule has 1 N–H and O–H groups in total. The Kier molecular flexibility index (Phi) is 3.31. The number of aliphatic hydroxyl groups is 1. The second-order valence-electron chi connectivity index (χ2n) is 3.79. The first-order chi connectivity index (χ1) is 8.06. The SMILES string of the molecule is Cc1nn(-c2cccc(F)c2CO)c(C)c1Br. The first-order valence-electron chi connectivity index (χ1n) is 5.16. The Morgan fingerprint density at radius 2 is 2.12 bits per heavy atom. The van der Waals surface area contributed by atoms with Gasteiger partial charge in [-0.25, -0.2) is 9.07 Å². The van der Waals surface area contributed by atoms with Gasteiger partial charge in [-0.3, -0.25) is 0 Å². The largest absolute Gasteiger partial charge is 0.391 e. The van der Waals surface area contributed by atoms with Gasteiger partial charge < -0.3 is 5.11 Å². The zero-order chi connectivity index (χ0) is 12.6. The van der Waals surface area contributed by atoms with Crippen molar-refractivity contribution in [1.29, 1.82) is 0 Å². The van der Waals surface area contributed by atoms with Gasteiger partial charge in [0.1, 0.15) is 5.82 Å². The molecule has 90 valence electrons. The lowest BCUT2D eigenvalue weighted by Crippen LogP contribution is -2.05. The Morgan fingerprint density at radius 1 is 1.41 bits per heavy atom. The van der Waals surface area contributed by atoms with Gasteiger partial charge in [0.2, 0.25) is 0 Å². The van der Waals surface area contributed by atoms with E-state index in [1.165, 1.54) is 6.07 Å². The quantitative estimate of drug-likeness (QED) is 0.926. The molecule has 5 heteroatoms. The van der Waals surface area contributed by atoms with Gasteiger partial charge in [0.25, 0.3) is 0 Å². The smallest absolute Gasteiger partial charge is 0.130 e. The van der Waals surface area contributed by atoms with Gasteiger partial charge in [-0.1, -0.05) is 6.07 Å². The fraction of sp³-hybridized carbons (Fsp3) is 0.250. The van der Waals surface area contributed by atoms with E-state index >= 15 is 0 Å². The number of aromatic nitrogens is 2. The van der Waals surface area contributed by atoms with Gasteiger partial charge in [-0.2, -0.15) is 5.10 Å². The minimum atomic E-state index is -0.423. The lowest BCUT2D eigenvalue weighted by atomic mass is 10.1. The van der Waals surface area contributed by atoms with Crippen molar-refractivity contribution in [2.45, 2.75) is 20.5 Å². The third kappa shape index (κ3) is 2.00. The normalized spacial score (nSPS) is 10.9. The molecule has 3 nitrogen and oxygen atoms in total. The van der Waals surface area contributed by atoms with Crippen LogP contribution >= 0.6 is 15.9 Å². The Balaban J connectivity index is 2.68. The third-order valence-electron chi connectivity index (χ3n) is 2.68. The lowest BCUT2D eigenvalue weighted by molar-refractivity contribution is 0.275. The fourth-order valence-electron chi connectivity index (χ4n) is 1.76. The minimum absolute atomic E-state index is 0.255. The Labute approximate surface area is 107 Å². The summed E-state index contributed by atoms with van der Waals surface area (Å²) in [5.41, 5.74) is 2.53. The summed E-state index contributed by atoms with van der Waals surface area (Å²) in [4.78, 5) is 0. The Morgan fingerprint density at radius 3 is 2.65 bits per heavy atom. The maximum absolute atomic E-state index is 13.6. The van der Waals surface area contributed by atoms with Crippen molar-refractivity contribution in [2.75, 3.05) is 0 Å². The standard InChI is InChI=1S/C12H12BrFN2O/c1-7-12(13)8(2)16(15-7)11-5-3-4-10(14)9(11)6-17/h3-5,17H,6H2,1-2H3. The molecule has 0 fully saturated rings. The molecular weight excluding hydrogens is 287 g/mol. The third-order valence-corrected chi connectivity index (χ3v) is 3.83. The van der Waals surface area contributed by atoms with Crippen molar-refractivity contribution in [3.05, 3.63) is 45.4 Å². The summed E-state index contributed by atoms with van der Waals surface area (Å²) >= 11 is 3.42. The van der Waals surface area contributed by atoms with Crippen molar-refractivity contribution in [3.63, 3.8) is 0 Å². The molecular formula is C12H12BrFN2O. The maximum atomic E-state index is 13.6. The highest BCUT2D eigenvalue weighted by molar-refractivity contribution is 9.10. The molecule has 0 atom stereocenters. The van der Waals surface area contributed by atoms with Crippen molar-refractivity contribution in [2.24, 2.45) is 0 Å². The van der Waals surface area contributed by atoms with E-state index in [2.05, 4.69) is 21.0 Å². The summed E-state index contributed by atoms with van der Waals surface area (Å²) in [6.07, 6.45) is 0. The predicted molar refractivity (Wildman–Crippen MR) is 66.6 cm³/mol. The van der Waals surface area contributed by atoms with E-state index in [4.69, 9.17) is 0 Å². The monoisotopic (exact) mass is 298 g/mol. The van der Waals surface area contributed by atoms with Crippen molar-refractivity contribution < 1.29 is 9.50 Å². The number of nitrogens with zero attached hydrogens (tertiary/aromatic N) is 2. The van der Waals surface area contributed by atoms with E-state index in [0.29, 0.717) is 5.69 Å². The average Bonchev–Trinajstić information content (AvgIpc) is 2.56. The van der Waals surface area contributed by atoms with Gasteiger partial charge >= 0.3 is 0 Å². The number of aryl methyl sites for hydroxylation is 1. The zero-order valence-electron chi connectivity index (χ0n) is 9.54. The van der Waals surface area contributed by atoms with E-state index < -0.39 is 5.82 Å². The molecule has 0 saturated carbocycles. The molecule has 0 saturated heterocycles. The predicted octanol–water partition coefficient (Wildman–Crippen LogP) is 2.88. The van der Waals surface area contributed by atoms with Crippen molar-refractivity contribution in [1.82, 2.24) is 9.78 Å². The molecule has 0 radical (unpaired) electrons. The number of rotatable bonds is 2. The maximum Gasteiger partial charge on any atom is 0.130 e. The summed E-state index contributed by atoms with van der Waals surface area (Å²) in [6.45, 7) is 3.40. The topological polar surface area (TPSA) is 38.0 Å². The van der Waals surface area contributed by atoms with Crippen LogP contribution in [0.1, 0.15) is 17.0 Å². The van der Waals surface area contributed by atoms with Crippen LogP contribution < -0.4 is 0 Å². The van der Waals surface area contributed by atoms with Crippen LogP contribution in [0.5, 0.6) is 0 Å². The number of halogens is 2. The highest BCUT2D eigenvalue weighted by atomic mass is 79.9. The Hall–Kier alpha value is -1.20. The van der Waals surface area contributed by atoms with Crippen molar-refractivity contribution >= 4 is 15.9 Å². The molecule has 0 aliphatic carbocycles. The van der Waals surface area contributed by atoms with Gasteiger partial charge in [0.05, 0.1) is 28.2 Å². The van der Waals surface area contributed by atoms with Crippen LogP contribution in [-0.4, -0.2) is 14.9 Å². The molecule has 0 bridgehead atoms. The van der Waals surface area contributed by atoms with Gasteiger partial charge in [0, 0.05) is 5.56 Å². The van der Waals surface area contributed by atoms with Crippen LogP contribution in [0.25, 0.3) is 5.69 Å². The van der Waals surface area contributed by atoms with E-state index in [9.17, 15) is 9.50 Å². The fourth-order valence-corrected chi connectivity index (χ4v) is 2.01. The molecule has 0 spiro atoms. The van der Waals surface area contributed by atoms with Gasteiger partial charge in [-0.05, 0) is 41.9 Å². The molecule has 0 amide bonds. The highest BCUT2D eigenvalue weighted by Gasteiger charge is 2.15. The first kappa shape index (κ1) is 12.3. The second kappa shape index (κ2) is 4.58. The van der Waals surface area contributed by atoms with Gasteiger partial charge in [0.15, 0.2) is 0 Å². The summed E-state index contributed by atoms with van der Waals surface area (Å²) < 4.78 is 16.1. The minimum Gasteiger partial charge on any atom is -0.391 e. The van der Waals surface area contributed by atoms with E-state index in [1.54, 1.807) is 16.8 Å². The molecule has 2 rings (SSSR count). The lowest BCUT2D eigenvalue weighted by Gasteiger charge is -2.10. The highest BCUT2D eigenvalue weighted by Crippen LogP contribution is 2.25. The van der Waals surface area contributed by atoms with E-state index in [0.717, 1.165) is 15.9 Å². The first-order valence-corrected chi connectivity index (χ1v) is 5.96. The van der Waals surface area contributed by atoms with Gasteiger partial charge in [-0.15, -0.1) is 0 Å². The second-order valence-corrected chi connectivity index (χ2v) is 4.59. The molecule has 1 heterocycles. The molecule has 0 aliphatic heterocycles. The van der Waals surface area contributed by atoms with Crippen LogP contribution in [0.15, 0.2) is 22.7 Å². The van der Waals surface area contributed by atoms with E-state index in [1.807, 2.05) is 13.8 Å². The van der Waals surface area contributed by atoms with Crippen molar-refractivity contribution in [3.8, 4) is 5.69 Å². The molecule has 1 aromatic heterocycles. The molecule has 0 aliphatic rings. The van der Waals surface area contributed by atoms with Crippen LogP contribution in [0.2, 0.25) is 0 Å². The molecule has 17 heavy (non-hydrogen) atoms. The number of aliphatic hydroxyl groups excluding tert-OH is 1. The molecule has 2 aromatic rings. The summed E-state index contributed by atoms with van der Waals surface area (Å²) in [7, 11) is 0. The number of benzene rings is 1. The number of hydrogen-bond donors (Lipinski definition) is 1. The van der Waals surface area contributed by atoms with Crippen LogP contribution in [0, 0.1) is 19.7 Å². The van der Waals surface area contributed by atoms with Crippen LogP contribution in [0.3, 0.4) is 0 Å². The molecule has 1 aromatic carbocycles. The zero-order valence-corrected chi connectivity index (χ0v) is 11.1. The van der Waals surface area contributed by atoms with E-state index in [-0.39, 0.29) is 12.2 Å². The van der Waals surface area contributed by atoms with Crippen LogP contribution in [0.4, 0.5) is 4.39 Å². The average molecular weight is 299 g/mol. The molecule has 0 unspecified atom stereocenters. The van der Waals surface area contributed by atoms with Crippen LogP contribution in [-0.2, 0) is 6.61 Å². The summed E-state index contributed by atoms with van der Waals surface area (Å²) in [6, 6.07) is 4.67. The summed E-state index contributed by atoms with van der Waals surface area (Å²) in [5, 5.41) is 13.6. The number of hydrogen-bond acceptors (Lipinski definition) is 2. The Bertz CT molecular complexity index is 566. The summed E-state index contributed by atoms with van der Waals surface area (Å²) in [5.74, 6) is -0.423.